The van der Waals surface area contributed by atoms with Gasteiger partial charge in [-0.1, -0.05) is 67.0 Å². The molecule has 31 heavy (non-hydrogen) atoms. The van der Waals surface area contributed by atoms with Crippen LogP contribution in [0.2, 0.25) is 0 Å². The summed E-state index contributed by atoms with van der Waals surface area (Å²) in [6.45, 7) is 20.5. The third-order valence-corrected chi connectivity index (χ3v) is 13.3. The van der Waals surface area contributed by atoms with Gasteiger partial charge >= 0.3 is 0 Å². The summed E-state index contributed by atoms with van der Waals surface area (Å²) in [4.78, 5) is 0. The van der Waals surface area contributed by atoms with Gasteiger partial charge in [-0.2, -0.15) is 0 Å². The van der Waals surface area contributed by atoms with Crippen LogP contribution in [0.15, 0.2) is 11.6 Å². The molecule has 5 aliphatic carbocycles. The maximum Gasteiger partial charge on any atom is 0.0628 e. The molecule has 0 spiro atoms. The summed E-state index contributed by atoms with van der Waals surface area (Å²) < 4.78 is 0. The third-order valence-electron chi connectivity index (χ3n) is 13.3. The van der Waals surface area contributed by atoms with Crippen LogP contribution in [0.25, 0.3) is 0 Å². The molecule has 176 valence electrons. The van der Waals surface area contributed by atoms with Gasteiger partial charge in [-0.25, -0.2) is 0 Å². The van der Waals surface area contributed by atoms with E-state index in [-0.39, 0.29) is 16.9 Å². The molecule has 1 heteroatoms. The molecule has 5 rings (SSSR count). The number of fused-ring (bicyclic) bond motifs is 7. The predicted octanol–water partition coefficient (Wildman–Crippen LogP) is 8.02. The monoisotopic (exact) mass is 426 g/mol. The number of aliphatic hydroxyl groups excluding tert-OH is 1. The normalized spacial score (nSPS) is 58.3. The van der Waals surface area contributed by atoms with Gasteiger partial charge in [0.25, 0.3) is 0 Å². The van der Waals surface area contributed by atoms with Gasteiger partial charge in [0.05, 0.1) is 6.10 Å². The van der Waals surface area contributed by atoms with E-state index in [0.717, 1.165) is 36.0 Å². The Morgan fingerprint density at radius 3 is 2.23 bits per heavy atom. The molecule has 0 aliphatic heterocycles. The minimum Gasteiger partial charge on any atom is -0.392 e. The Balaban J connectivity index is 1.58. The van der Waals surface area contributed by atoms with Crippen molar-refractivity contribution in [3.63, 3.8) is 0 Å². The molecule has 0 aromatic rings. The fraction of sp³-hybridized carbons (Fsp3) is 0.933. The Labute approximate surface area is 192 Å². The van der Waals surface area contributed by atoms with Crippen LogP contribution in [0, 0.1) is 56.7 Å². The smallest absolute Gasteiger partial charge is 0.0628 e. The highest BCUT2D eigenvalue weighted by molar-refractivity contribution is 5.33. The average molecular weight is 427 g/mol. The molecule has 0 aromatic carbocycles. The van der Waals surface area contributed by atoms with E-state index >= 15 is 0 Å². The molecular weight excluding hydrogens is 376 g/mol. The molecule has 0 amide bonds. The lowest BCUT2D eigenvalue weighted by atomic mass is 9.33. The summed E-state index contributed by atoms with van der Waals surface area (Å²) in [5.74, 6) is 4.34. The quantitative estimate of drug-likeness (QED) is 0.389. The molecule has 4 saturated carbocycles. The van der Waals surface area contributed by atoms with Crippen molar-refractivity contribution in [2.75, 3.05) is 0 Å². The number of hydrogen-bond acceptors (Lipinski definition) is 1. The van der Waals surface area contributed by atoms with Gasteiger partial charge < -0.3 is 5.11 Å². The molecule has 0 bridgehead atoms. The zero-order valence-electron chi connectivity index (χ0n) is 21.9. The molecule has 1 nitrogen and oxygen atoms in total. The second-order valence-corrected chi connectivity index (χ2v) is 14.6. The summed E-state index contributed by atoms with van der Waals surface area (Å²) in [6, 6.07) is 0. The number of allylic oxidation sites excluding steroid dienone is 1. The maximum absolute atomic E-state index is 10.9. The molecule has 0 unspecified atom stereocenters. The maximum atomic E-state index is 10.9. The number of aliphatic hydroxyl groups is 1. The standard InChI is InChI=1S/C30H50O/c1-19-11-14-27(5)17-18-29(7)21(25(27)20(19)2)9-10-23-28(6)15-13-24(31)26(3,4)22(28)12-16-30(23,29)8/h12,19-21,23-25,31H,9-11,13-18H2,1-8H3/t19-,20+,21-,23-,24-,25+,27-,28+,29-,30-/m1/s1. The number of rotatable bonds is 0. The van der Waals surface area contributed by atoms with Gasteiger partial charge in [0, 0.05) is 5.41 Å². The van der Waals surface area contributed by atoms with Crippen molar-refractivity contribution in [1.82, 2.24) is 0 Å². The van der Waals surface area contributed by atoms with E-state index in [2.05, 4.69) is 61.5 Å². The fourth-order valence-electron chi connectivity index (χ4n) is 10.9. The van der Waals surface area contributed by atoms with Crippen LogP contribution in [-0.2, 0) is 0 Å². The molecule has 5 aliphatic rings. The second-order valence-electron chi connectivity index (χ2n) is 14.6. The highest BCUT2D eigenvalue weighted by atomic mass is 16.3. The molecule has 4 fully saturated rings. The van der Waals surface area contributed by atoms with Crippen molar-refractivity contribution in [2.45, 2.75) is 119 Å². The minimum absolute atomic E-state index is 0.0649. The first kappa shape index (κ1) is 22.5. The second kappa shape index (κ2) is 6.64. The zero-order chi connectivity index (χ0) is 22.6. The van der Waals surface area contributed by atoms with Crippen molar-refractivity contribution in [3.8, 4) is 0 Å². The van der Waals surface area contributed by atoms with Gasteiger partial charge in [-0.15, -0.1) is 0 Å². The Morgan fingerprint density at radius 1 is 0.806 bits per heavy atom. The molecule has 0 aromatic heterocycles. The minimum atomic E-state index is -0.178. The van der Waals surface area contributed by atoms with Crippen molar-refractivity contribution >= 4 is 0 Å². The predicted molar refractivity (Wildman–Crippen MR) is 131 cm³/mol. The van der Waals surface area contributed by atoms with E-state index < -0.39 is 0 Å². The van der Waals surface area contributed by atoms with Crippen LogP contribution in [0.4, 0.5) is 0 Å². The summed E-state index contributed by atoms with van der Waals surface area (Å²) >= 11 is 0. The van der Waals surface area contributed by atoms with Crippen LogP contribution in [-0.4, -0.2) is 11.2 Å². The van der Waals surface area contributed by atoms with Crippen molar-refractivity contribution < 1.29 is 5.11 Å². The van der Waals surface area contributed by atoms with Crippen molar-refractivity contribution in [1.29, 1.82) is 0 Å². The molecule has 0 radical (unpaired) electrons. The Hall–Kier alpha value is -0.300. The number of hydrogen-bond donors (Lipinski definition) is 1. The van der Waals surface area contributed by atoms with Crippen LogP contribution >= 0.6 is 0 Å². The van der Waals surface area contributed by atoms with Gasteiger partial charge in [-0.3, -0.25) is 0 Å². The molecule has 10 atom stereocenters. The van der Waals surface area contributed by atoms with E-state index in [0.29, 0.717) is 16.2 Å². The van der Waals surface area contributed by atoms with E-state index in [4.69, 9.17) is 0 Å². The van der Waals surface area contributed by atoms with Gasteiger partial charge in [0.1, 0.15) is 0 Å². The first-order valence-electron chi connectivity index (χ1n) is 13.7. The topological polar surface area (TPSA) is 20.2 Å². The fourth-order valence-corrected chi connectivity index (χ4v) is 10.9. The summed E-state index contributed by atoms with van der Waals surface area (Å²) in [7, 11) is 0. The highest BCUT2D eigenvalue weighted by Gasteiger charge is 2.68. The van der Waals surface area contributed by atoms with Crippen molar-refractivity contribution in [3.05, 3.63) is 11.6 Å². The first-order valence-corrected chi connectivity index (χ1v) is 13.7. The van der Waals surface area contributed by atoms with Gasteiger partial charge in [-0.05, 0) is 109 Å². The largest absolute Gasteiger partial charge is 0.392 e. The zero-order valence-corrected chi connectivity index (χ0v) is 21.9. The summed E-state index contributed by atoms with van der Waals surface area (Å²) in [5, 5.41) is 10.9. The van der Waals surface area contributed by atoms with Crippen LogP contribution in [0.1, 0.15) is 113 Å². The van der Waals surface area contributed by atoms with Crippen LogP contribution < -0.4 is 0 Å². The summed E-state index contributed by atoms with van der Waals surface area (Å²) in [6.07, 6.45) is 14.5. The van der Waals surface area contributed by atoms with Gasteiger partial charge in [0.2, 0.25) is 0 Å². The third kappa shape index (κ3) is 2.65. The summed E-state index contributed by atoms with van der Waals surface area (Å²) in [5.41, 5.74) is 3.24. The van der Waals surface area contributed by atoms with E-state index in [1.165, 1.54) is 51.4 Å². The molecular formula is C30H50O. The van der Waals surface area contributed by atoms with Crippen molar-refractivity contribution in [2.24, 2.45) is 56.7 Å². The van der Waals surface area contributed by atoms with E-state index in [1.54, 1.807) is 5.57 Å². The SMILES string of the molecule is C[C@@H]1[C@H]2[C@H]3CC[C@@H]4[C@@]5(C)CC[C@@H](O)C(C)(C)C5=CC[C@@]4(C)[C@]3(C)CC[C@@]2(C)CC[C@H]1C. The van der Waals surface area contributed by atoms with E-state index in [1.807, 2.05) is 0 Å². The Morgan fingerprint density at radius 2 is 1.52 bits per heavy atom. The lowest BCUT2D eigenvalue weighted by molar-refractivity contribution is -0.213. The van der Waals surface area contributed by atoms with Gasteiger partial charge in [0.15, 0.2) is 0 Å². The lowest BCUT2D eigenvalue weighted by Crippen LogP contribution is -2.65. The lowest BCUT2D eigenvalue weighted by Gasteiger charge is -2.72. The van der Waals surface area contributed by atoms with Crippen LogP contribution in [0.5, 0.6) is 0 Å². The average Bonchev–Trinajstić information content (AvgIpc) is 2.69. The first-order chi connectivity index (χ1) is 14.3. The van der Waals surface area contributed by atoms with Crippen LogP contribution in [0.3, 0.4) is 0 Å². The molecule has 0 saturated heterocycles. The highest BCUT2D eigenvalue weighted by Crippen LogP contribution is 2.75. The molecule has 0 heterocycles. The Bertz CT molecular complexity index is 779. The Kier molecular flexibility index (Phi) is 4.82. The van der Waals surface area contributed by atoms with E-state index in [9.17, 15) is 5.11 Å². The molecule has 1 N–H and O–H groups in total.